The monoisotopic (exact) mass is 322 g/mol. The van der Waals surface area contributed by atoms with Crippen LogP contribution in [0.2, 0.25) is 0 Å². The summed E-state index contributed by atoms with van der Waals surface area (Å²) < 4.78 is 1.96. The van der Waals surface area contributed by atoms with Gasteiger partial charge in [-0.3, -0.25) is 14.1 Å². The summed E-state index contributed by atoms with van der Waals surface area (Å²) in [6.07, 6.45) is 5.19. The molecule has 1 amide bonds. The minimum absolute atomic E-state index is 0.141. The average Bonchev–Trinajstić information content (AvgIpc) is 3.10. The molecule has 3 heterocycles. The van der Waals surface area contributed by atoms with Gasteiger partial charge in [-0.2, -0.15) is 0 Å². The van der Waals surface area contributed by atoms with Gasteiger partial charge in [0.05, 0.1) is 18.7 Å². The summed E-state index contributed by atoms with van der Waals surface area (Å²) >= 11 is 1.58. The molecule has 0 radical (unpaired) electrons. The molecule has 2 aromatic rings. The van der Waals surface area contributed by atoms with Gasteiger partial charge >= 0.3 is 0 Å². The summed E-state index contributed by atoms with van der Waals surface area (Å²) in [5.74, 6) is 0.141. The van der Waals surface area contributed by atoms with Crippen molar-refractivity contribution in [1.29, 1.82) is 0 Å². The Kier molecular flexibility index (Phi) is 4.75. The Morgan fingerprint density at radius 1 is 1.41 bits per heavy atom. The van der Waals surface area contributed by atoms with E-state index in [1.807, 2.05) is 27.1 Å². The number of nitrogens with zero attached hydrogens (tertiary/aromatic N) is 4. The molecule has 1 atom stereocenters. The van der Waals surface area contributed by atoms with E-state index < -0.39 is 0 Å². The summed E-state index contributed by atoms with van der Waals surface area (Å²) in [4.78, 5) is 22.0. The second-order valence-electron chi connectivity index (χ2n) is 5.66. The third-order valence-corrected chi connectivity index (χ3v) is 5.11. The van der Waals surface area contributed by atoms with Gasteiger partial charge in [0.25, 0.3) is 0 Å². The topological polar surface area (TPSA) is 61.1 Å². The first kappa shape index (κ1) is 15.5. The predicted octanol–water partition coefficient (Wildman–Crippen LogP) is 0.853. The molecule has 1 N–H and O–H groups in total. The van der Waals surface area contributed by atoms with Crippen molar-refractivity contribution >= 4 is 22.2 Å². The molecule has 3 rings (SSSR count). The van der Waals surface area contributed by atoms with E-state index in [-0.39, 0.29) is 18.6 Å². The number of piperazine rings is 1. The van der Waals surface area contributed by atoms with Gasteiger partial charge in [-0.1, -0.05) is 6.92 Å². The molecule has 2 aromatic heterocycles. The van der Waals surface area contributed by atoms with Gasteiger partial charge < -0.3 is 10.0 Å². The van der Waals surface area contributed by atoms with E-state index in [4.69, 9.17) is 0 Å². The maximum atomic E-state index is 12.4. The molecule has 0 aromatic carbocycles. The predicted molar refractivity (Wildman–Crippen MR) is 86.1 cm³/mol. The molecule has 22 heavy (non-hydrogen) atoms. The van der Waals surface area contributed by atoms with E-state index in [1.54, 1.807) is 11.3 Å². The molecule has 0 bridgehead atoms. The van der Waals surface area contributed by atoms with Crippen LogP contribution in [0.1, 0.15) is 19.0 Å². The lowest BCUT2D eigenvalue weighted by Crippen LogP contribution is -2.53. The number of aromatic nitrogens is 2. The van der Waals surface area contributed by atoms with Crippen molar-refractivity contribution < 1.29 is 9.90 Å². The fourth-order valence-electron chi connectivity index (χ4n) is 2.97. The van der Waals surface area contributed by atoms with Crippen LogP contribution in [0, 0.1) is 0 Å². The van der Waals surface area contributed by atoms with Crippen LogP contribution in [0.15, 0.2) is 17.8 Å². The second-order valence-corrected chi connectivity index (χ2v) is 6.54. The molecular formula is C15H22N4O2S. The van der Waals surface area contributed by atoms with Crippen LogP contribution in [0.3, 0.4) is 0 Å². The van der Waals surface area contributed by atoms with Crippen molar-refractivity contribution in [2.45, 2.75) is 25.8 Å². The summed E-state index contributed by atoms with van der Waals surface area (Å²) in [5.41, 5.74) is 0.834. The molecule has 1 fully saturated rings. The minimum Gasteiger partial charge on any atom is -0.395 e. The lowest BCUT2D eigenvalue weighted by molar-refractivity contribution is -0.132. The zero-order chi connectivity index (χ0) is 15.5. The van der Waals surface area contributed by atoms with Crippen molar-refractivity contribution in [2.75, 3.05) is 32.8 Å². The number of imidazole rings is 1. The highest BCUT2D eigenvalue weighted by Crippen LogP contribution is 2.14. The fraction of sp³-hybridized carbons (Fsp3) is 0.600. The van der Waals surface area contributed by atoms with Crippen LogP contribution in [-0.4, -0.2) is 69.0 Å². The van der Waals surface area contributed by atoms with Crippen LogP contribution < -0.4 is 0 Å². The molecular weight excluding hydrogens is 300 g/mol. The van der Waals surface area contributed by atoms with Crippen molar-refractivity contribution in [1.82, 2.24) is 19.2 Å². The minimum atomic E-state index is 0.141. The normalized spacial score (nSPS) is 18.0. The lowest BCUT2D eigenvalue weighted by Gasteiger charge is -2.38. The molecule has 1 saturated heterocycles. The second kappa shape index (κ2) is 6.76. The summed E-state index contributed by atoms with van der Waals surface area (Å²) in [6.45, 7) is 5.42. The Morgan fingerprint density at radius 2 is 2.18 bits per heavy atom. The van der Waals surface area contributed by atoms with Gasteiger partial charge in [-0.15, -0.1) is 11.3 Å². The zero-order valence-corrected chi connectivity index (χ0v) is 13.6. The first-order valence-corrected chi connectivity index (χ1v) is 8.63. The van der Waals surface area contributed by atoms with Crippen LogP contribution in [-0.2, 0) is 11.2 Å². The highest BCUT2D eigenvalue weighted by Gasteiger charge is 2.25. The number of amides is 1. The Morgan fingerprint density at radius 3 is 2.82 bits per heavy atom. The number of aliphatic hydroxyl groups is 1. The quantitative estimate of drug-likeness (QED) is 0.887. The standard InChI is InChI=1S/C15H22N4O2S/c1-2-13(11-20)17-3-5-18(6-4-17)14(21)9-12-10-19-7-8-22-15(19)16-12/h7-8,10,13,20H,2-6,9,11H2,1H3. The smallest absolute Gasteiger partial charge is 0.228 e. The largest absolute Gasteiger partial charge is 0.395 e. The van der Waals surface area contributed by atoms with Crippen LogP contribution in [0.4, 0.5) is 0 Å². The zero-order valence-electron chi connectivity index (χ0n) is 12.8. The number of hydrogen-bond acceptors (Lipinski definition) is 5. The first-order valence-electron chi connectivity index (χ1n) is 7.75. The first-order chi connectivity index (χ1) is 10.7. The lowest BCUT2D eigenvalue weighted by atomic mass is 10.1. The number of rotatable bonds is 5. The Bertz CT molecular complexity index is 598. The molecule has 1 unspecified atom stereocenters. The average molecular weight is 322 g/mol. The van der Waals surface area contributed by atoms with Crippen molar-refractivity contribution in [2.24, 2.45) is 0 Å². The van der Waals surface area contributed by atoms with Crippen molar-refractivity contribution in [3.8, 4) is 0 Å². The number of thiazole rings is 1. The van der Waals surface area contributed by atoms with Crippen LogP contribution in [0.25, 0.3) is 4.96 Å². The van der Waals surface area contributed by atoms with Crippen LogP contribution >= 0.6 is 11.3 Å². The number of aliphatic hydroxyl groups excluding tert-OH is 1. The Hall–Kier alpha value is -1.44. The Labute approximate surface area is 134 Å². The van der Waals surface area contributed by atoms with Gasteiger partial charge in [0, 0.05) is 50.0 Å². The van der Waals surface area contributed by atoms with Crippen LogP contribution in [0.5, 0.6) is 0 Å². The molecule has 1 aliphatic heterocycles. The summed E-state index contributed by atoms with van der Waals surface area (Å²) in [7, 11) is 0. The maximum absolute atomic E-state index is 12.4. The van der Waals surface area contributed by atoms with E-state index >= 15 is 0 Å². The molecule has 0 spiro atoms. The number of carbonyl (C=O) groups is 1. The van der Waals surface area contributed by atoms with Gasteiger partial charge in [0.1, 0.15) is 0 Å². The van der Waals surface area contributed by atoms with E-state index in [2.05, 4.69) is 16.8 Å². The highest BCUT2D eigenvalue weighted by molar-refractivity contribution is 7.15. The van der Waals surface area contributed by atoms with E-state index in [0.29, 0.717) is 6.42 Å². The van der Waals surface area contributed by atoms with Gasteiger partial charge in [0.2, 0.25) is 5.91 Å². The third-order valence-electron chi connectivity index (χ3n) is 4.34. The van der Waals surface area contributed by atoms with E-state index in [0.717, 1.165) is 43.3 Å². The molecule has 1 aliphatic rings. The van der Waals surface area contributed by atoms with Gasteiger partial charge in [-0.25, -0.2) is 4.98 Å². The number of hydrogen-bond donors (Lipinski definition) is 1. The number of carbonyl (C=O) groups excluding carboxylic acids is 1. The van der Waals surface area contributed by atoms with Gasteiger partial charge in [-0.05, 0) is 6.42 Å². The fourth-order valence-corrected chi connectivity index (χ4v) is 3.69. The molecule has 0 aliphatic carbocycles. The Balaban J connectivity index is 1.54. The van der Waals surface area contributed by atoms with Crippen molar-refractivity contribution in [3.63, 3.8) is 0 Å². The molecule has 7 heteroatoms. The van der Waals surface area contributed by atoms with Gasteiger partial charge in [0.15, 0.2) is 4.96 Å². The van der Waals surface area contributed by atoms with E-state index in [9.17, 15) is 9.90 Å². The molecule has 0 saturated carbocycles. The summed E-state index contributed by atoms with van der Waals surface area (Å²) in [6, 6.07) is 0.220. The molecule has 6 nitrogen and oxygen atoms in total. The van der Waals surface area contributed by atoms with Crippen molar-refractivity contribution in [3.05, 3.63) is 23.5 Å². The molecule has 120 valence electrons. The SMILES string of the molecule is CCC(CO)N1CCN(C(=O)Cc2cn3ccsc3n2)CC1. The highest BCUT2D eigenvalue weighted by atomic mass is 32.1. The summed E-state index contributed by atoms with van der Waals surface area (Å²) in [5, 5.41) is 11.3. The van der Waals surface area contributed by atoms with E-state index in [1.165, 1.54) is 0 Å². The maximum Gasteiger partial charge on any atom is 0.228 e. The number of fused-ring (bicyclic) bond motifs is 1. The third kappa shape index (κ3) is 3.16.